The quantitative estimate of drug-likeness (QED) is 0.829. The van der Waals surface area contributed by atoms with Crippen molar-refractivity contribution in [3.63, 3.8) is 0 Å². The minimum atomic E-state index is -0.0194. The summed E-state index contributed by atoms with van der Waals surface area (Å²) in [6, 6.07) is -0.0194. The summed E-state index contributed by atoms with van der Waals surface area (Å²) >= 11 is 1.63. The Morgan fingerprint density at radius 1 is 1.75 bits per heavy atom. The lowest BCUT2D eigenvalue weighted by Crippen LogP contribution is -2.42. The van der Waals surface area contributed by atoms with Crippen LogP contribution in [0.5, 0.6) is 0 Å². The van der Waals surface area contributed by atoms with Crippen molar-refractivity contribution in [1.82, 2.24) is 15.6 Å². The van der Waals surface area contributed by atoms with E-state index in [9.17, 15) is 4.79 Å². The van der Waals surface area contributed by atoms with Gasteiger partial charge in [0.05, 0.1) is 17.6 Å². The Morgan fingerprint density at radius 2 is 2.56 bits per heavy atom. The van der Waals surface area contributed by atoms with Gasteiger partial charge >= 0.3 is 0 Å². The highest BCUT2D eigenvalue weighted by Crippen LogP contribution is 2.15. The Kier molecular flexibility index (Phi) is 3.56. The molecular formula is C11H17N3OS. The van der Waals surface area contributed by atoms with Crippen LogP contribution in [0.4, 0.5) is 0 Å². The number of rotatable bonds is 3. The largest absolute Gasteiger partial charge is 0.350 e. The van der Waals surface area contributed by atoms with Gasteiger partial charge in [0.15, 0.2) is 0 Å². The zero-order chi connectivity index (χ0) is 11.5. The zero-order valence-corrected chi connectivity index (χ0v) is 10.4. The molecule has 5 heteroatoms. The molecular weight excluding hydrogens is 222 g/mol. The van der Waals surface area contributed by atoms with Crippen LogP contribution in [0, 0.1) is 12.8 Å². The van der Waals surface area contributed by atoms with E-state index in [4.69, 9.17) is 0 Å². The molecule has 1 amide bonds. The molecule has 1 fully saturated rings. The summed E-state index contributed by atoms with van der Waals surface area (Å²) in [7, 11) is 0. The molecule has 1 aliphatic rings. The third kappa shape index (κ3) is 2.59. The fraction of sp³-hybridized carbons (Fsp3) is 0.636. The molecule has 0 bridgehead atoms. The first kappa shape index (κ1) is 11.5. The molecule has 2 atom stereocenters. The van der Waals surface area contributed by atoms with Gasteiger partial charge in [-0.15, -0.1) is 11.3 Å². The maximum Gasteiger partial charge on any atom is 0.237 e. The van der Waals surface area contributed by atoms with E-state index < -0.39 is 0 Å². The van der Waals surface area contributed by atoms with Crippen molar-refractivity contribution in [2.24, 2.45) is 5.92 Å². The van der Waals surface area contributed by atoms with E-state index in [0.717, 1.165) is 22.9 Å². The number of aromatic nitrogens is 1. The summed E-state index contributed by atoms with van der Waals surface area (Å²) in [6.45, 7) is 5.62. The van der Waals surface area contributed by atoms with Crippen molar-refractivity contribution in [3.05, 3.63) is 16.1 Å². The third-order valence-electron chi connectivity index (χ3n) is 2.92. The lowest BCUT2D eigenvalue weighted by Gasteiger charge is -2.14. The molecule has 1 aliphatic heterocycles. The van der Waals surface area contributed by atoms with Gasteiger partial charge in [-0.1, -0.05) is 6.92 Å². The van der Waals surface area contributed by atoms with E-state index in [1.807, 2.05) is 13.1 Å². The molecule has 88 valence electrons. The molecule has 1 aromatic rings. The van der Waals surface area contributed by atoms with Gasteiger partial charge in [0.1, 0.15) is 0 Å². The smallest absolute Gasteiger partial charge is 0.237 e. The van der Waals surface area contributed by atoms with E-state index in [-0.39, 0.29) is 11.9 Å². The fourth-order valence-electron chi connectivity index (χ4n) is 1.96. The molecule has 1 saturated heterocycles. The number of hydrogen-bond acceptors (Lipinski definition) is 4. The van der Waals surface area contributed by atoms with Crippen LogP contribution in [-0.2, 0) is 11.3 Å². The zero-order valence-electron chi connectivity index (χ0n) is 9.62. The fourth-order valence-corrected chi connectivity index (χ4v) is 2.69. The highest BCUT2D eigenvalue weighted by Gasteiger charge is 2.28. The van der Waals surface area contributed by atoms with E-state index in [0.29, 0.717) is 12.5 Å². The average Bonchev–Trinajstić information content (AvgIpc) is 2.84. The van der Waals surface area contributed by atoms with Gasteiger partial charge in [-0.05, 0) is 25.8 Å². The molecule has 0 aromatic carbocycles. The SMILES string of the molecule is Cc1ncc(CNC(=O)C2NCCC2C)s1. The second-order valence-electron chi connectivity index (χ2n) is 4.26. The minimum absolute atomic E-state index is 0.0194. The Labute approximate surface area is 99.5 Å². The Bertz CT molecular complexity index is 377. The van der Waals surface area contributed by atoms with Crippen molar-refractivity contribution in [2.75, 3.05) is 6.54 Å². The molecule has 0 aliphatic carbocycles. The molecule has 1 aromatic heterocycles. The maximum absolute atomic E-state index is 11.8. The van der Waals surface area contributed by atoms with Crippen molar-refractivity contribution in [1.29, 1.82) is 0 Å². The topological polar surface area (TPSA) is 54.0 Å². The van der Waals surface area contributed by atoms with Crippen LogP contribution in [0.1, 0.15) is 23.2 Å². The first-order valence-electron chi connectivity index (χ1n) is 5.59. The average molecular weight is 239 g/mol. The van der Waals surface area contributed by atoms with Gasteiger partial charge in [-0.2, -0.15) is 0 Å². The number of hydrogen-bond donors (Lipinski definition) is 2. The Morgan fingerprint density at radius 3 is 3.12 bits per heavy atom. The van der Waals surface area contributed by atoms with Crippen molar-refractivity contribution in [3.8, 4) is 0 Å². The first-order valence-corrected chi connectivity index (χ1v) is 6.41. The van der Waals surface area contributed by atoms with Crippen molar-refractivity contribution in [2.45, 2.75) is 32.9 Å². The van der Waals surface area contributed by atoms with Gasteiger partial charge in [0.2, 0.25) is 5.91 Å². The normalized spacial score (nSPS) is 24.6. The number of nitrogens with one attached hydrogen (secondary N) is 2. The van der Waals surface area contributed by atoms with Crippen LogP contribution < -0.4 is 10.6 Å². The van der Waals surface area contributed by atoms with E-state index in [2.05, 4.69) is 22.5 Å². The summed E-state index contributed by atoms with van der Waals surface area (Å²) in [5.74, 6) is 0.541. The number of carbonyl (C=O) groups is 1. The molecule has 4 nitrogen and oxygen atoms in total. The number of thiazole rings is 1. The summed E-state index contributed by atoms with van der Waals surface area (Å²) in [5.41, 5.74) is 0. The van der Waals surface area contributed by atoms with Crippen LogP contribution in [-0.4, -0.2) is 23.5 Å². The number of aryl methyl sites for hydroxylation is 1. The highest BCUT2D eigenvalue weighted by molar-refractivity contribution is 7.11. The van der Waals surface area contributed by atoms with Crippen LogP contribution in [0.2, 0.25) is 0 Å². The number of nitrogens with zero attached hydrogens (tertiary/aromatic N) is 1. The highest BCUT2D eigenvalue weighted by atomic mass is 32.1. The van der Waals surface area contributed by atoms with E-state index >= 15 is 0 Å². The molecule has 0 spiro atoms. The first-order chi connectivity index (χ1) is 7.66. The van der Waals surface area contributed by atoms with E-state index in [1.54, 1.807) is 11.3 Å². The van der Waals surface area contributed by atoms with Gasteiger partial charge in [0.25, 0.3) is 0 Å². The number of amides is 1. The third-order valence-corrected chi connectivity index (χ3v) is 3.83. The molecule has 0 radical (unpaired) electrons. The van der Waals surface area contributed by atoms with Crippen molar-refractivity contribution >= 4 is 17.2 Å². The minimum Gasteiger partial charge on any atom is -0.350 e. The summed E-state index contributed by atoms with van der Waals surface area (Å²) in [6.07, 6.45) is 2.91. The second kappa shape index (κ2) is 4.93. The molecule has 2 heterocycles. The lowest BCUT2D eigenvalue weighted by molar-refractivity contribution is -0.123. The van der Waals surface area contributed by atoms with Crippen LogP contribution >= 0.6 is 11.3 Å². The summed E-state index contributed by atoms with van der Waals surface area (Å²) in [5, 5.41) is 7.22. The summed E-state index contributed by atoms with van der Waals surface area (Å²) in [4.78, 5) is 17.1. The lowest BCUT2D eigenvalue weighted by atomic mass is 10.0. The molecule has 16 heavy (non-hydrogen) atoms. The summed E-state index contributed by atoms with van der Waals surface area (Å²) < 4.78 is 0. The molecule has 0 saturated carbocycles. The Balaban J connectivity index is 1.83. The monoisotopic (exact) mass is 239 g/mol. The number of carbonyl (C=O) groups excluding carboxylic acids is 1. The molecule has 2 rings (SSSR count). The van der Waals surface area contributed by atoms with Gasteiger partial charge in [-0.3, -0.25) is 4.79 Å². The predicted octanol–water partition coefficient (Wildman–Crippen LogP) is 1.07. The second-order valence-corrected chi connectivity index (χ2v) is 5.58. The Hall–Kier alpha value is -0.940. The maximum atomic E-state index is 11.8. The van der Waals surface area contributed by atoms with Gasteiger partial charge in [-0.25, -0.2) is 4.98 Å². The standard InChI is InChI=1S/C11H17N3OS/c1-7-3-4-12-10(7)11(15)14-6-9-5-13-8(2)16-9/h5,7,10,12H,3-4,6H2,1-2H3,(H,14,15). The van der Waals surface area contributed by atoms with Crippen LogP contribution in [0.25, 0.3) is 0 Å². The van der Waals surface area contributed by atoms with Gasteiger partial charge < -0.3 is 10.6 Å². The molecule has 2 N–H and O–H groups in total. The predicted molar refractivity (Wildman–Crippen MR) is 64.3 cm³/mol. The van der Waals surface area contributed by atoms with Gasteiger partial charge in [0, 0.05) is 11.1 Å². The van der Waals surface area contributed by atoms with Crippen LogP contribution in [0.3, 0.4) is 0 Å². The van der Waals surface area contributed by atoms with Crippen LogP contribution in [0.15, 0.2) is 6.20 Å². The van der Waals surface area contributed by atoms with Crippen molar-refractivity contribution < 1.29 is 4.79 Å². The molecule has 2 unspecified atom stereocenters. The van der Waals surface area contributed by atoms with E-state index in [1.165, 1.54) is 0 Å².